The normalized spacial score (nSPS) is 12.9. The molecular weight excluding hydrogens is 853 g/mol. The molecule has 0 N–H and O–H groups in total. The van der Waals surface area contributed by atoms with E-state index in [1.807, 2.05) is 0 Å². The zero-order valence-corrected chi connectivity index (χ0v) is 44.8. The van der Waals surface area contributed by atoms with E-state index in [0.717, 1.165) is 116 Å². The molecule has 0 heterocycles. The Kier molecular flexibility index (Phi) is 53.4. The maximum atomic E-state index is 12.8. The highest BCUT2D eigenvalue weighted by molar-refractivity contribution is 5.71. The van der Waals surface area contributed by atoms with Gasteiger partial charge in [-0.15, -0.1) is 0 Å². The molecule has 0 rings (SSSR count). The SMILES string of the molecule is CC/C=C\C/C=C\C/C=C\C/C=C\C/C=C\CCCC(=O)OC[C@H](COC(=O)CCCCCCCCCCCCCCCCCCC)OC(=O)CCCCCC/C=C\C/C=C\C/C=C\C/C=C\CC. The molecule has 0 aliphatic heterocycles. The molecule has 1 atom stereocenters. The van der Waals surface area contributed by atoms with Crippen molar-refractivity contribution in [3.63, 3.8) is 0 Å². The van der Waals surface area contributed by atoms with Crippen LogP contribution in [0.15, 0.2) is 109 Å². The van der Waals surface area contributed by atoms with E-state index in [1.165, 1.54) is 89.9 Å². The highest BCUT2D eigenvalue weighted by Gasteiger charge is 2.19. The fourth-order valence-corrected chi connectivity index (χ4v) is 7.59. The topological polar surface area (TPSA) is 78.9 Å². The second-order valence-corrected chi connectivity index (χ2v) is 18.4. The van der Waals surface area contributed by atoms with Gasteiger partial charge in [0.2, 0.25) is 0 Å². The molecule has 0 saturated heterocycles. The summed E-state index contributed by atoms with van der Waals surface area (Å²) in [7, 11) is 0. The van der Waals surface area contributed by atoms with Gasteiger partial charge in [0.05, 0.1) is 0 Å². The van der Waals surface area contributed by atoms with Crippen molar-refractivity contribution in [2.75, 3.05) is 13.2 Å². The number of carbonyl (C=O) groups is 3. The molecule has 0 saturated carbocycles. The zero-order chi connectivity index (χ0) is 50.0. The summed E-state index contributed by atoms with van der Waals surface area (Å²) >= 11 is 0. The van der Waals surface area contributed by atoms with E-state index in [-0.39, 0.29) is 44.0 Å². The predicted octanol–water partition coefficient (Wildman–Crippen LogP) is 19.1. The van der Waals surface area contributed by atoms with Crippen molar-refractivity contribution in [2.45, 2.75) is 258 Å². The lowest BCUT2D eigenvalue weighted by Gasteiger charge is -2.18. The summed E-state index contributed by atoms with van der Waals surface area (Å²) in [5.74, 6) is -0.988. The molecule has 6 nitrogen and oxygen atoms in total. The van der Waals surface area contributed by atoms with Gasteiger partial charge in [-0.3, -0.25) is 14.4 Å². The number of ether oxygens (including phenoxy) is 3. The monoisotopic (exact) mass is 957 g/mol. The van der Waals surface area contributed by atoms with Crippen molar-refractivity contribution >= 4 is 17.9 Å². The first-order valence-corrected chi connectivity index (χ1v) is 28.4. The van der Waals surface area contributed by atoms with E-state index in [9.17, 15) is 14.4 Å². The lowest BCUT2D eigenvalue weighted by atomic mass is 10.0. The van der Waals surface area contributed by atoms with E-state index in [1.54, 1.807) is 0 Å². The van der Waals surface area contributed by atoms with Crippen molar-refractivity contribution in [1.29, 1.82) is 0 Å². The number of allylic oxidation sites excluding steroid dienone is 18. The molecular formula is C63H104O6. The van der Waals surface area contributed by atoms with Crippen molar-refractivity contribution in [1.82, 2.24) is 0 Å². The summed E-state index contributed by atoms with van der Waals surface area (Å²) in [5.41, 5.74) is 0. The minimum absolute atomic E-state index is 0.105. The smallest absolute Gasteiger partial charge is 0.306 e. The fraction of sp³-hybridized carbons (Fsp3) is 0.667. The van der Waals surface area contributed by atoms with Crippen LogP contribution < -0.4 is 0 Å². The summed E-state index contributed by atoms with van der Waals surface area (Å²) in [6.45, 7) is 6.35. The van der Waals surface area contributed by atoms with E-state index in [0.29, 0.717) is 12.8 Å². The average molecular weight is 958 g/mol. The van der Waals surface area contributed by atoms with Crippen molar-refractivity contribution in [3.05, 3.63) is 109 Å². The molecule has 69 heavy (non-hydrogen) atoms. The Morgan fingerprint density at radius 1 is 0.304 bits per heavy atom. The molecule has 0 spiro atoms. The molecule has 0 aliphatic carbocycles. The minimum Gasteiger partial charge on any atom is -0.462 e. The third-order valence-corrected chi connectivity index (χ3v) is 11.8. The molecule has 0 bridgehead atoms. The van der Waals surface area contributed by atoms with Gasteiger partial charge >= 0.3 is 17.9 Å². The number of hydrogen-bond donors (Lipinski definition) is 0. The van der Waals surface area contributed by atoms with Gasteiger partial charge in [-0.05, 0) is 96.3 Å². The molecule has 0 aromatic rings. The zero-order valence-electron chi connectivity index (χ0n) is 44.8. The maximum absolute atomic E-state index is 12.8. The third-order valence-electron chi connectivity index (χ3n) is 11.8. The van der Waals surface area contributed by atoms with Crippen LogP contribution in [0.3, 0.4) is 0 Å². The fourth-order valence-electron chi connectivity index (χ4n) is 7.59. The van der Waals surface area contributed by atoms with Crippen LogP contribution in [0.25, 0.3) is 0 Å². The predicted molar refractivity (Wildman–Crippen MR) is 297 cm³/mol. The number of hydrogen-bond acceptors (Lipinski definition) is 6. The van der Waals surface area contributed by atoms with Crippen LogP contribution in [0.1, 0.15) is 252 Å². The van der Waals surface area contributed by atoms with E-state index >= 15 is 0 Å². The van der Waals surface area contributed by atoms with E-state index in [2.05, 4.69) is 130 Å². The van der Waals surface area contributed by atoms with E-state index < -0.39 is 6.10 Å². The summed E-state index contributed by atoms with van der Waals surface area (Å²) in [6.07, 6.45) is 76.5. The number of unbranched alkanes of at least 4 members (excludes halogenated alkanes) is 21. The molecule has 0 radical (unpaired) electrons. The Labute approximate surface area is 425 Å². The van der Waals surface area contributed by atoms with Gasteiger partial charge in [-0.25, -0.2) is 0 Å². The maximum Gasteiger partial charge on any atom is 0.306 e. The number of esters is 3. The summed E-state index contributed by atoms with van der Waals surface area (Å²) in [6, 6.07) is 0. The van der Waals surface area contributed by atoms with Gasteiger partial charge in [-0.1, -0.05) is 246 Å². The summed E-state index contributed by atoms with van der Waals surface area (Å²) < 4.78 is 16.8. The van der Waals surface area contributed by atoms with Crippen molar-refractivity contribution in [3.8, 4) is 0 Å². The molecule has 0 unspecified atom stereocenters. The lowest BCUT2D eigenvalue weighted by molar-refractivity contribution is -0.167. The molecule has 0 aromatic heterocycles. The van der Waals surface area contributed by atoms with Crippen LogP contribution >= 0.6 is 0 Å². The second-order valence-electron chi connectivity index (χ2n) is 18.4. The first kappa shape index (κ1) is 65.1. The molecule has 392 valence electrons. The Bertz CT molecular complexity index is 1420. The standard InChI is InChI=1S/C63H104O6/c1-4-7-10-13-16-19-22-25-28-31-34-37-40-43-46-49-52-55-61(64)67-58-60(69-63(66)57-54-51-48-45-42-39-36-33-30-27-24-21-18-15-12-9-6-3)59-68-62(65)56-53-50-47-44-41-38-35-32-29-26-23-20-17-14-11-8-5-2/h7,9-10,12,16,18-19,21,25,27-28,30,34,36-37,39,43,46,60H,4-6,8,11,13-15,17,20,22-24,26,29,31-33,35,38,40-42,44-45,47-59H2,1-3H3/b10-7-,12-9-,19-16-,21-18-,28-25-,30-27-,37-34-,39-36-,46-43-/t60-/m1/s1. The Morgan fingerprint density at radius 3 is 0.942 bits per heavy atom. The Morgan fingerprint density at radius 2 is 0.580 bits per heavy atom. The first-order valence-electron chi connectivity index (χ1n) is 28.4. The van der Waals surface area contributed by atoms with Gasteiger partial charge < -0.3 is 14.2 Å². The highest BCUT2D eigenvalue weighted by Crippen LogP contribution is 2.15. The van der Waals surface area contributed by atoms with Crippen LogP contribution in [-0.2, 0) is 28.6 Å². The lowest BCUT2D eigenvalue weighted by Crippen LogP contribution is -2.30. The molecule has 0 aromatic carbocycles. The van der Waals surface area contributed by atoms with Crippen LogP contribution in [0.2, 0.25) is 0 Å². The second kappa shape index (κ2) is 56.7. The average Bonchev–Trinajstić information content (AvgIpc) is 3.35. The highest BCUT2D eigenvalue weighted by atomic mass is 16.6. The number of carbonyl (C=O) groups excluding carboxylic acids is 3. The largest absolute Gasteiger partial charge is 0.462 e. The van der Waals surface area contributed by atoms with Crippen molar-refractivity contribution in [2.24, 2.45) is 0 Å². The quantitative estimate of drug-likeness (QED) is 0.0262. The molecule has 0 aliphatic rings. The molecule has 6 heteroatoms. The minimum atomic E-state index is -0.815. The summed E-state index contributed by atoms with van der Waals surface area (Å²) in [4.78, 5) is 38.1. The molecule has 0 fully saturated rings. The van der Waals surface area contributed by atoms with Crippen LogP contribution in [0.4, 0.5) is 0 Å². The van der Waals surface area contributed by atoms with Gasteiger partial charge in [0.1, 0.15) is 13.2 Å². The van der Waals surface area contributed by atoms with Crippen LogP contribution in [0, 0.1) is 0 Å². The third kappa shape index (κ3) is 54.9. The first-order chi connectivity index (χ1) is 34.0. The van der Waals surface area contributed by atoms with Gasteiger partial charge in [0, 0.05) is 19.3 Å². The molecule has 0 amide bonds. The van der Waals surface area contributed by atoms with Gasteiger partial charge in [0.15, 0.2) is 6.10 Å². The summed E-state index contributed by atoms with van der Waals surface area (Å²) in [5, 5.41) is 0. The van der Waals surface area contributed by atoms with Gasteiger partial charge in [-0.2, -0.15) is 0 Å². The van der Waals surface area contributed by atoms with Gasteiger partial charge in [0.25, 0.3) is 0 Å². The number of rotatable bonds is 50. The van der Waals surface area contributed by atoms with Crippen LogP contribution in [0.5, 0.6) is 0 Å². The van der Waals surface area contributed by atoms with Crippen LogP contribution in [-0.4, -0.2) is 37.2 Å². The Balaban J connectivity index is 4.51. The van der Waals surface area contributed by atoms with E-state index in [4.69, 9.17) is 14.2 Å². The Hall–Kier alpha value is -3.93. The van der Waals surface area contributed by atoms with Crippen molar-refractivity contribution < 1.29 is 28.6 Å².